The molecule has 34 heteroatoms. The molecular weight excluding hydrogens is 1420 g/mol. The lowest BCUT2D eigenvalue weighted by atomic mass is 10.1. The highest BCUT2D eigenvalue weighted by Crippen LogP contribution is 2.40. The van der Waals surface area contributed by atoms with Crippen molar-refractivity contribution in [1.82, 2.24) is 8.83 Å². The van der Waals surface area contributed by atoms with Crippen molar-refractivity contribution in [2.45, 2.75) is 38.9 Å². The van der Waals surface area contributed by atoms with Crippen LogP contribution in [-0.4, -0.2) is 429 Å². The largest absolute Gasteiger partial charge is 0.382 e. The van der Waals surface area contributed by atoms with E-state index in [0.717, 1.165) is 0 Å². The number of hydrogen-bond acceptors (Lipinski definition) is 32. The van der Waals surface area contributed by atoms with E-state index in [1.807, 2.05) is 36.5 Å². The van der Waals surface area contributed by atoms with E-state index in [0.29, 0.717) is 396 Å². The minimum atomic E-state index is -0.604. The molecule has 1 amide bonds. The zero-order valence-corrected chi connectivity index (χ0v) is 64.4. The highest BCUT2D eigenvalue weighted by Gasteiger charge is 2.55. The van der Waals surface area contributed by atoms with E-state index in [-0.39, 0.29) is 5.91 Å². The Labute approximate surface area is 617 Å². The Morgan fingerprint density at radius 2 is 0.314 bits per heavy atom. The van der Waals surface area contributed by atoms with Gasteiger partial charge in [0.25, 0.3) is 0 Å². The van der Waals surface area contributed by atoms with Crippen LogP contribution in [0.3, 0.4) is 0 Å². The van der Waals surface area contributed by atoms with Crippen LogP contribution in [0.25, 0.3) is 0 Å². The molecule has 610 valence electrons. The van der Waals surface area contributed by atoms with E-state index < -0.39 is 11.2 Å². The zero-order chi connectivity index (χ0) is 73.4. The number of nitrogens with zero attached hydrogens (tertiary/aromatic N) is 2. The Bertz CT molecular complexity index is 1660. The van der Waals surface area contributed by atoms with Crippen molar-refractivity contribution in [2.24, 2.45) is 0 Å². The minimum absolute atomic E-state index is 0.0702. The molecule has 0 aromatic rings. The molecule has 0 N–H and O–H groups in total. The maximum atomic E-state index is 12.8. The lowest BCUT2D eigenvalue weighted by Crippen LogP contribution is -2.47. The summed E-state index contributed by atoms with van der Waals surface area (Å²) >= 11 is 3.55. The number of ether oxygens (including phenoxy) is 30. The summed E-state index contributed by atoms with van der Waals surface area (Å²) in [4.78, 5) is 14.6. The molecule has 0 radical (unpaired) electrons. The highest BCUT2D eigenvalue weighted by atomic mass is 79.9. The molecule has 0 aromatic heterocycles. The topological polar surface area (TPSA) is 300 Å². The van der Waals surface area contributed by atoms with Gasteiger partial charge in [-0.25, -0.2) is 3.93 Å². The predicted molar refractivity (Wildman–Crippen MR) is 376 cm³/mol. The predicted octanol–water partition coefficient (Wildman–Crippen LogP) is 2.08. The molecular formula is C68H135BrN2O31. The molecule has 102 heavy (non-hydrogen) atoms. The Morgan fingerprint density at radius 3 is 0.412 bits per heavy atom. The molecule has 0 aromatic carbocycles. The van der Waals surface area contributed by atoms with Crippen LogP contribution >= 0.6 is 16.1 Å². The van der Waals surface area contributed by atoms with Gasteiger partial charge in [0, 0.05) is 29.8 Å². The molecule has 1 aliphatic heterocycles. The quantitative estimate of drug-likeness (QED) is 0.0622. The molecule has 0 saturated carbocycles. The first-order chi connectivity index (χ1) is 50.3. The number of hydrogen-bond donors (Lipinski definition) is 0. The van der Waals surface area contributed by atoms with E-state index in [1.54, 1.807) is 7.11 Å². The van der Waals surface area contributed by atoms with Crippen molar-refractivity contribution < 1.29 is 147 Å². The van der Waals surface area contributed by atoms with Gasteiger partial charge < -0.3 is 147 Å². The summed E-state index contributed by atoms with van der Waals surface area (Å²) in [6, 6.07) is 0. The number of carbonyl (C=O) groups is 1. The Morgan fingerprint density at radius 1 is 0.206 bits per heavy atom. The average Bonchev–Trinajstić information content (AvgIpc) is 1.60. The van der Waals surface area contributed by atoms with Crippen LogP contribution in [0.1, 0.15) is 27.7 Å². The molecule has 0 aliphatic carbocycles. The fourth-order valence-corrected chi connectivity index (χ4v) is 8.73. The van der Waals surface area contributed by atoms with Gasteiger partial charge in [0.15, 0.2) is 0 Å². The molecule has 33 nitrogen and oxygen atoms in total. The second kappa shape index (κ2) is 80.7. The van der Waals surface area contributed by atoms with E-state index >= 15 is 0 Å². The van der Waals surface area contributed by atoms with Crippen molar-refractivity contribution in [2.75, 3.05) is 403 Å². The third kappa shape index (κ3) is 68.0. The van der Waals surface area contributed by atoms with E-state index in [4.69, 9.17) is 142 Å². The third-order valence-corrected chi connectivity index (χ3v) is 15.5. The van der Waals surface area contributed by atoms with Gasteiger partial charge in [-0.3, -0.25) is 4.79 Å². The second-order valence-electron chi connectivity index (χ2n) is 22.5. The molecule has 0 spiro atoms. The number of carbonyl (C=O) groups excluding carboxylic acids is 1. The van der Waals surface area contributed by atoms with Gasteiger partial charge in [-0.15, -0.1) is 0 Å². The molecule has 1 saturated heterocycles. The van der Waals surface area contributed by atoms with Gasteiger partial charge in [0.2, 0.25) is 5.91 Å². The summed E-state index contributed by atoms with van der Waals surface area (Å²) in [5.41, 5.74) is -1.04. The summed E-state index contributed by atoms with van der Waals surface area (Å²) in [6.07, 6.45) is 0. The Kier molecular flexibility index (Phi) is 78.1. The maximum absolute atomic E-state index is 12.8. The van der Waals surface area contributed by atoms with Gasteiger partial charge in [-0.1, -0.05) is 0 Å². The van der Waals surface area contributed by atoms with E-state index in [2.05, 4.69) is 16.1 Å². The third-order valence-electron chi connectivity index (χ3n) is 13.7. The lowest BCUT2D eigenvalue weighted by Gasteiger charge is -2.35. The molecule has 1 fully saturated rings. The summed E-state index contributed by atoms with van der Waals surface area (Å²) in [5, 5.41) is 0. The van der Waals surface area contributed by atoms with Crippen LogP contribution in [0.2, 0.25) is 0 Å². The summed E-state index contributed by atoms with van der Waals surface area (Å²) in [5.74, 6) is 0.0702. The lowest BCUT2D eigenvalue weighted by molar-refractivity contribution is -0.134. The Hall–Kier alpha value is -1.29. The van der Waals surface area contributed by atoms with Crippen molar-refractivity contribution in [1.29, 1.82) is 0 Å². The average molecular weight is 1560 g/mol. The van der Waals surface area contributed by atoms with E-state index in [1.165, 1.54) is 0 Å². The molecule has 0 unspecified atom stereocenters. The molecule has 0 atom stereocenters. The SMILES string of the molecule is COCCOCCOCCOCCOCCOCCOCCOCCOCCOCCOCCOCCOCCOCCOCCOCCOCCOCCOCCOCCOCCOCCOCCOCCOCCOCCOCCOCCOCCOCCN1C(=O)C(C)(C)N(Br)C1(C)C. The van der Waals surface area contributed by atoms with Gasteiger partial charge in [0.05, 0.1) is 390 Å². The van der Waals surface area contributed by atoms with Crippen LogP contribution in [0.4, 0.5) is 0 Å². The van der Waals surface area contributed by atoms with Crippen molar-refractivity contribution >= 4 is 22.1 Å². The summed E-state index contributed by atoms with van der Waals surface area (Å²) in [6.45, 7) is 37.1. The van der Waals surface area contributed by atoms with Crippen LogP contribution in [0, 0.1) is 0 Å². The molecule has 1 rings (SSSR count). The monoisotopic (exact) mass is 1550 g/mol. The first kappa shape index (κ1) is 98.7. The smallest absolute Gasteiger partial charge is 0.245 e. The molecule has 0 bridgehead atoms. The second-order valence-corrected chi connectivity index (χ2v) is 23.3. The zero-order valence-electron chi connectivity index (χ0n) is 62.9. The van der Waals surface area contributed by atoms with Gasteiger partial charge in [-0.05, 0) is 27.7 Å². The maximum Gasteiger partial charge on any atom is 0.245 e. The van der Waals surface area contributed by atoms with Gasteiger partial charge in [-0.2, -0.15) is 0 Å². The summed E-state index contributed by atoms with van der Waals surface area (Å²) in [7, 11) is 1.64. The van der Waals surface area contributed by atoms with Crippen LogP contribution in [0.15, 0.2) is 0 Å². The first-order valence-corrected chi connectivity index (χ1v) is 37.0. The van der Waals surface area contributed by atoms with Crippen molar-refractivity contribution in [3.63, 3.8) is 0 Å². The van der Waals surface area contributed by atoms with Crippen LogP contribution in [-0.2, 0) is 147 Å². The summed E-state index contributed by atoms with van der Waals surface area (Å²) < 4.78 is 167. The Balaban J connectivity index is 1.60. The number of amides is 1. The standard InChI is InChI=1S/C68H135BrN2O31/c1-67(2)66(72)70(68(3,4)71(67)69)6-7-74-10-11-76-14-15-78-18-19-80-22-23-82-26-27-84-30-31-86-34-35-88-38-39-90-42-43-92-46-47-94-50-51-96-54-55-98-58-59-100-62-63-102-65-64-101-61-60-99-57-56-97-53-52-95-49-48-93-45-44-91-41-40-89-37-36-87-33-32-85-29-28-83-25-24-81-21-20-79-17-16-77-13-12-75-9-8-73-5/h6-65H2,1-5H3. The van der Waals surface area contributed by atoms with Crippen molar-refractivity contribution in [3.8, 4) is 0 Å². The van der Waals surface area contributed by atoms with Crippen LogP contribution in [0.5, 0.6) is 0 Å². The van der Waals surface area contributed by atoms with Gasteiger partial charge >= 0.3 is 0 Å². The van der Waals surface area contributed by atoms with Crippen molar-refractivity contribution in [3.05, 3.63) is 0 Å². The molecule has 1 heterocycles. The fourth-order valence-electron chi connectivity index (χ4n) is 8.39. The van der Waals surface area contributed by atoms with Gasteiger partial charge in [0.1, 0.15) is 11.2 Å². The highest BCUT2D eigenvalue weighted by molar-refractivity contribution is 9.07. The fraction of sp³-hybridized carbons (Fsp3) is 0.985. The first-order valence-electron chi connectivity index (χ1n) is 36.3. The number of halogens is 1. The minimum Gasteiger partial charge on any atom is -0.382 e. The number of rotatable bonds is 90. The molecule has 1 aliphatic rings. The normalized spacial score (nSPS) is 13.9. The number of methoxy groups -OCH3 is 1. The van der Waals surface area contributed by atoms with Crippen LogP contribution < -0.4 is 0 Å². The van der Waals surface area contributed by atoms with E-state index in [9.17, 15) is 4.79 Å².